The van der Waals surface area contributed by atoms with Gasteiger partial charge in [0.05, 0.1) is 52.2 Å². The third kappa shape index (κ3) is 5.64. The number of pyridine rings is 2. The van der Waals surface area contributed by atoms with Crippen molar-refractivity contribution in [2.45, 2.75) is 19.5 Å². The Balaban J connectivity index is 1.62. The molecule has 5 rings (SSSR count). The second-order valence-corrected chi connectivity index (χ2v) is 9.98. The Kier molecular flexibility index (Phi) is 8.00. The van der Waals surface area contributed by atoms with Crippen molar-refractivity contribution in [3.8, 4) is 6.07 Å². The average Bonchev–Trinajstić information content (AvgIpc) is 3.39. The number of benzene rings is 2. The maximum Gasteiger partial charge on any atom is 0.141 e. The molecule has 3 N–H and O–H groups in total. The van der Waals surface area contributed by atoms with Crippen LogP contribution in [0.1, 0.15) is 28.6 Å². The molecule has 0 saturated heterocycles. The predicted molar refractivity (Wildman–Crippen MR) is 153 cm³/mol. The van der Waals surface area contributed by atoms with Crippen LogP contribution in [0.4, 0.5) is 21.5 Å². The molecule has 0 aliphatic heterocycles. The van der Waals surface area contributed by atoms with Gasteiger partial charge in [-0.3, -0.25) is 4.98 Å². The first-order chi connectivity index (χ1) is 19.3. The highest BCUT2D eigenvalue weighted by atomic mass is 35.5. The molecule has 3 aromatic heterocycles. The van der Waals surface area contributed by atoms with Crippen LogP contribution in [0.15, 0.2) is 54.9 Å². The number of aryl methyl sites for hydroxylation is 1. The number of halogens is 4. The number of nitrogens with zero attached hydrogens (tertiary/aromatic N) is 6. The zero-order chi connectivity index (χ0) is 28.4. The number of hydrogen-bond acceptors (Lipinski definition) is 8. The Labute approximate surface area is 243 Å². The molecule has 0 amide bonds. The number of fused-ring (bicyclic) bond motifs is 1. The van der Waals surface area contributed by atoms with E-state index in [4.69, 9.17) is 34.8 Å². The Bertz CT molecular complexity index is 1770. The minimum absolute atomic E-state index is 0.0636. The van der Waals surface area contributed by atoms with Gasteiger partial charge in [0.2, 0.25) is 0 Å². The summed E-state index contributed by atoms with van der Waals surface area (Å²) in [5, 5.41) is 35.3. The topological polar surface area (TPSA) is 125 Å². The molecule has 0 bridgehead atoms. The van der Waals surface area contributed by atoms with Crippen molar-refractivity contribution in [1.82, 2.24) is 25.0 Å². The number of nitrogens with one attached hydrogen (secondary N) is 2. The first-order valence-electron chi connectivity index (χ1n) is 11.9. The second-order valence-electron chi connectivity index (χ2n) is 8.78. The Hall–Kier alpha value is -4.01. The lowest BCUT2D eigenvalue weighted by molar-refractivity contribution is 0.268. The van der Waals surface area contributed by atoms with Gasteiger partial charge in [-0.05, 0) is 43.3 Å². The molecule has 0 aliphatic rings. The normalized spacial score (nSPS) is 11.8. The van der Waals surface area contributed by atoms with Crippen LogP contribution in [0.2, 0.25) is 15.2 Å². The van der Waals surface area contributed by atoms with Gasteiger partial charge in [0.15, 0.2) is 0 Å². The van der Waals surface area contributed by atoms with Gasteiger partial charge in [-0.15, -0.1) is 5.10 Å². The predicted octanol–water partition coefficient (Wildman–Crippen LogP) is 6.44. The van der Waals surface area contributed by atoms with Crippen molar-refractivity contribution in [3.63, 3.8) is 0 Å². The van der Waals surface area contributed by atoms with Gasteiger partial charge in [-0.2, -0.15) is 5.26 Å². The van der Waals surface area contributed by atoms with Gasteiger partial charge in [-0.25, -0.2) is 14.1 Å². The fourth-order valence-corrected chi connectivity index (χ4v) is 4.90. The van der Waals surface area contributed by atoms with E-state index < -0.39 is 11.9 Å². The number of rotatable bonds is 8. The highest BCUT2D eigenvalue weighted by Gasteiger charge is 2.22. The lowest BCUT2D eigenvalue weighted by Gasteiger charge is -2.21. The van der Waals surface area contributed by atoms with Crippen molar-refractivity contribution >= 4 is 62.8 Å². The zero-order valence-corrected chi connectivity index (χ0v) is 23.1. The molecule has 3 heterocycles. The number of aliphatic hydroxyl groups excluding tert-OH is 1. The average molecular weight is 598 g/mol. The molecule has 0 saturated carbocycles. The standard InChI is InChI=1S/C27H20Cl3FN8O/c1-14-18(3-5-24(30)34-14)27(23-13-39(6-7-40)38-37-23)36-17-8-19-25(35-16-2-4-22(31)20(28)9-16)15(11-32)12-33-26(19)21(29)10-17/h2-5,8-10,12-13,27,36,40H,6-7H2,1H3,(H,33,35). The minimum atomic E-state index is -0.559. The van der Waals surface area contributed by atoms with E-state index in [0.717, 1.165) is 5.56 Å². The molecular weight excluding hydrogens is 578 g/mol. The van der Waals surface area contributed by atoms with E-state index in [2.05, 4.69) is 37.0 Å². The Morgan fingerprint density at radius 2 is 1.90 bits per heavy atom. The Morgan fingerprint density at radius 3 is 2.62 bits per heavy atom. The molecule has 9 nitrogen and oxygen atoms in total. The van der Waals surface area contributed by atoms with Crippen LogP contribution in [-0.4, -0.2) is 36.7 Å². The summed E-state index contributed by atoms with van der Waals surface area (Å²) in [5.41, 5.74) is 4.24. The van der Waals surface area contributed by atoms with E-state index in [9.17, 15) is 14.8 Å². The second kappa shape index (κ2) is 11.6. The summed E-state index contributed by atoms with van der Waals surface area (Å²) in [7, 11) is 0. The van der Waals surface area contributed by atoms with E-state index in [-0.39, 0.29) is 23.7 Å². The third-order valence-electron chi connectivity index (χ3n) is 6.13. The van der Waals surface area contributed by atoms with Crippen molar-refractivity contribution < 1.29 is 9.50 Å². The molecule has 5 aromatic rings. The summed E-state index contributed by atoms with van der Waals surface area (Å²) >= 11 is 18.8. The number of hydrogen-bond donors (Lipinski definition) is 3. The molecule has 40 heavy (non-hydrogen) atoms. The fourth-order valence-electron chi connectivity index (χ4n) is 4.26. The number of nitriles is 1. The van der Waals surface area contributed by atoms with Crippen LogP contribution in [0.5, 0.6) is 0 Å². The number of aliphatic hydroxyl groups is 1. The van der Waals surface area contributed by atoms with E-state index in [1.807, 2.05) is 13.0 Å². The van der Waals surface area contributed by atoms with Gasteiger partial charge in [0, 0.05) is 34.2 Å². The molecule has 0 fully saturated rings. The van der Waals surface area contributed by atoms with Crippen LogP contribution in [0.3, 0.4) is 0 Å². The summed E-state index contributed by atoms with van der Waals surface area (Å²) in [5.74, 6) is -0.559. The molecule has 1 atom stereocenters. The number of anilines is 3. The van der Waals surface area contributed by atoms with Crippen molar-refractivity contribution in [2.24, 2.45) is 0 Å². The van der Waals surface area contributed by atoms with Gasteiger partial charge in [0.25, 0.3) is 0 Å². The summed E-state index contributed by atoms with van der Waals surface area (Å²) in [4.78, 5) is 8.77. The van der Waals surface area contributed by atoms with Crippen molar-refractivity contribution in [2.75, 3.05) is 17.2 Å². The molecule has 1 unspecified atom stereocenters. The quantitative estimate of drug-likeness (QED) is 0.175. The van der Waals surface area contributed by atoms with Gasteiger partial charge in [0.1, 0.15) is 22.7 Å². The van der Waals surface area contributed by atoms with Crippen molar-refractivity contribution in [1.29, 1.82) is 5.26 Å². The maximum absolute atomic E-state index is 13.8. The maximum atomic E-state index is 13.8. The molecule has 0 spiro atoms. The summed E-state index contributed by atoms with van der Waals surface area (Å²) in [6, 6.07) is 12.8. The summed E-state index contributed by atoms with van der Waals surface area (Å²) < 4.78 is 15.3. The molecule has 202 valence electrons. The van der Waals surface area contributed by atoms with Crippen LogP contribution in [0, 0.1) is 24.1 Å². The molecule has 0 aliphatic carbocycles. The molecule has 2 aromatic carbocycles. The van der Waals surface area contributed by atoms with E-state index >= 15 is 0 Å². The molecule has 13 heteroatoms. The monoisotopic (exact) mass is 596 g/mol. The van der Waals surface area contributed by atoms with E-state index in [1.165, 1.54) is 29.1 Å². The van der Waals surface area contributed by atoms with Crippen LogP contribution in [0.25, 0.3) is 10.9 Å². The van der Waals surface area contributed by atoms with Crippen LogP contribution in [-0.2, 0) is 6.54 Å². The summed E-state index contributed by atoms with van der Waals surface area (Å²) in [6.07, 6.45) is 3.14. The lowest BCUT2D eigenvalue weighted by Crippen LogP contribution is -2.15. The van der Waals surface area contributed by atoms with Gasteiger partial charge >= 0.3 is 0 Å². The highest BCUT2D eigenvalue weighted by Crippen LogP contribution is 2.37. The summed E-state index contributed by atoms with van der Waals surface area (Å²) in [6.45, 7) is 2.02. The largest absolute Gasteiger partial charge is 0.394 e. The molecule has 0 radical (unpaired) electrons. The molecular formula is C27H20Cl3FN8O. The highest BCUT2D eigenvalue weighted by molar-refractivity contribution is 6.36. The van der Waals surface area contributed by atoms with E-state index in [1.54, 1.807) is 24.4 Å². The van der Waals surface area contributed by atoms with Crippen molar-refractivity contribution in [3.05, 3.63) is 98.4 Å². The zero-order valence-electron chi connectivity index (χ0n) is 20.8. The smallest absolute Gasteiger partial charge is 0.141 e. The van der Waals surface area contributed by atoms with Crippen LogP contribution < -0.4 is 10.6 Å². The van der Waals surface area contributed by atoms with Gasteiger partial charge in [-0.1, -0.05) is 46.1 Å². The minimum Gasteiger partial charge on any atom is -0.394 e. The third-order valence-corrected chi connectivity index (χ3v) is 6.92. The van der Waals surface area contributed by atoms with Crippen LogP contribution >= 0.6 is 34.8 Å². The fraction of sp³-hybridized carbons (Fsp3) is 0.148. The van der Waals surface area contributed by atoms with Gasteiger partial charge < -0.3 is 15.7 Å². The lowest BCUT2D eigenvalue weighted by atomic mass is 10.0. The first-order valence-corrected chi connectivity index (χ1v) is 13.1. The van der Waals surface area contributed by atoms with E-state index in [0.29, 0.717) is 49.5 Å². The Morgan fingerprint density at radius 1 is 1.10 bits per heavy atom. The number of aromatic nitrogens is 5. The SMILES string of the molecule is Cc1nc(Cl)ccc1C(Nc1cc(Cl)c2ncc(C#N)c(Nc3ccc(F)c(Cl)c3)c2c1)c1cn(CCO)nn1. The first kappa shape index (κ1) is 27.6.